The minimum atomic E-state index is -0.0277. The number of benzene rings is 2. The van der Waals surface area contributed by atoms with E-state index in [0.717, 1.165) is 36.1 Å². The van der Waals surface area contributed by atoms with Gasteiger partial charge in [-0.05, 0) is 48.9 Å². The summed E-state index contributed by atoms with van der Waals surface area (Å²) in [4.78, 5) is 12.3. The lowest BCUT2D eigenvalue weighted by atomic mass is 10.1. The number of carbonyl (C=O) groups excluding carboxylic acids is 1. The second-order valence-corrected chi connectivity index (χ2v) is 8.27. The molecule has 0 saturated heterocycles. The van der Waals surface area contributed by atoms with E-state index < -0.39 is 0 Å². The highest BCUT2D eigenvalue weighted by molar-refractivity contribution is 7.99. The van der Waals surface area contributed by atoms with E-state index in [0.29, 0.717) is 17.6 Å². The van der Waals surface area contributed by atoms with Crippen LogP contribution in [0.2, 0.25) is 0 Å². The quantitative estimate of drug-likeness (QED) is 0.543. The van der Waals surface area contributed by atoms with E-state index in [9.17, 15) is 4.79 Å². The first kappa shape index (κ1) is 19.7. The number of thioether (sulfide) groups is 1. The largest absolute Gasteiger partial charge is 0.325 e. The van der Waals surface area contributed by atoms with Gasteiger partial charge in [0.1, 0.15) is 5.82 Å². The number of amides is 1. The number of hydrogen-bond acceptors (Lipinski definition) is 4. The normalized spacial score (nSPS) is 17.9. The maximum absolute atomic E-state index is 12.3. The van der Waals surface area contributed by atoms with Crippen LogP contribution in [0.5, 0.6) is 0 Å². The zero-order valence-electron chi connectivity index (χ0n) is 16.8. The van der Waals surface area contributed by atoms with Gasteiger partial charge in [0, 0.05) is 18.2 Å². The van der Waals surface area contributed by atoms with E-state index in [1.807, 2.05) is 30.3 Å². The van der Waals surface area contributed by atoms with Crippen LogP contribution in [0.4, 0.5) is 5.69 Å². The fraction of sp³-hybridized carbons (Fsp3) is 0.348. The molecular weight excluding hydrogens is 380 g/mol. The highest BCUT2D eigenvalue weighted by atomic mass is 32.2. The summed E-state index contributed by atoms with van der Waals surface area (Å²) in [5.74, 6) is 2.28. The third-order valence-corrected chi connectivity index (χ3v) is 6.36. The number of nitrogens with zero attached hydrogens (tertiary/aromatic N) is 3. The van der Waals surface area contributed by atoms with Crippen molar-refractivity contribution in [1.82, 2.24) is 14.8 Å². The van der Waals surface area contributed by atoms with Crippen LogP contribution in [0.15, 0.2) is 59.8 Å². The molecule has 29 heavy (non-hydrogen) atoms. The number of hydrogen-bond donors (Lipinski definition) is 1. The molecule has 0 spiro atoms. The van der Waals surface area contributed by atoms with Crippen molar-refractivity contribution in [2.45, 2.75) is 50.2 Å². The molecule has 3 aromatic rings. The second-order valence-electron chi connectivity index (χ2n) is 7.33. The van der Waals surface area contributed by atoms with E-state index in [4.69, 9.17) is 0 Å². The molecule has 1 heterocycles. The van der Waals surface area contributed by atoms with Gasteiger partial charge in [0.15, 0.2) is 5.16 Å². The third kappa shape index (κ3) is 4.53. The van der Waals surface area contributed by atoms with Gasteiger partial charge in [-0.2, -0.15) is 0 Å². The molecular formula is C23H26N4OS. The molecule has 1 aliphatic rings. The number of rotatable bonds is 8. The Hall–Kier alpha value is -2.60. The SMILES string of the molecule is CCc1ccc(NC(=O)CSc2nnc(C3CC3c3ccccc3)n2CC)cc1. The van der Waals surface area contributed by atoms with Crippen LogP contribution in [0.3, 0.4) is 0 Å². The zero-order chi connectivity index (χ0) is 20.2. The van der Waals surface area contributed by atoms with Gasteiger partial charge in [0.05, 0.1) is 5.75 Å². The van der Waals surface area contributed by atoms with E-state index >= 15 is 0 Å². The molecule has 0 bridgehead atoms. The van der Waals surface area contributed by atoms with Crippen molar-refractivity contribution in [1.29, 1.82) is 0 Å². The van der Waals surface area contributed by atoms with Gasteiger partial charge in [-0.25, -0.2) is 0 Å². The number of anilines is 1. The smallest absolute Gasteiger partial charge is 0.234 e. The number of nitrogens with one attached hydrogen (secondary N) is 1. The highest BCUT2D eigenvalue weighted by Crippen LogP contribution is 2.54. The standard InChI is InChI=1S/C23H26N4OS/c1-3-16-10-12-18(13-11-16)24-21(28)15-29-23-26-25-22(27(23)4-2)20-14-19(20)17-8-6-5-7-9-17/h5-13,19-20H,3-4,14-15H2,1-2H3,(H,24,28). The van der Waals surface area contributed by atoms with Crippen molar-refractivity contribution in [2.24, 2.45) is 0 Å². The minimum Gasteiger partial charge on any atom is -0.325 e. The van der Waals surface area contributed by atoms with Crippen molar-refractivity contribution in [2.75, 3.05) is 11.1 Å². The Balaban J connectivity index is 1.36. The summed E-state index contributed by atoms with van der Waals surface area (Å²) in [6.07, 6.45) is 2.10. The van der Waals surface area contributed by atoms with Gasteiger partial charge in [-0.3, -0.25) is 4.79 Å². The van der Waals surface area contributed by atoms with Crippen LogP contribution >= 0.6 is 11.8 Å². The fourth-order valence-electron chi connectivity index (χ4n) is 3.68. The fourth-order valence-corrected chi connectivity index (χ4v) is 4.49. The predicted octanol–water partition coefficient (Wildman–Crippen LogP) is 4.86. The summed E-state index contributed by atoms with van der Waals surface area (Å²) >= 11 is 1.45. The molecule has 5 nitrogen and oxygen atoms in total. The van der Waals surface area contributed by atoms with Crippen molar-refractivity contribution in [3.05, 3.63) is 71.5 Å². The molecule has 0 aliphatic heterocycles. The Bertz CT molecular complexity index is 968. The predicted molar refractivity (Wildman–Crippen MR) is 117 cm³/mol. The second kappa shape index (κ2) is 8.82. The molecule has 4 rings (SSSR count). The van der Waals surface area contributed by atoms with Crippen molar-refractivity contribution in [3.8, 4) is 0 Å². The van der Waals surface area contributed by atoms with Gasteiger partial charge in [0.25, 0.3) is 0 Å². The molecule has 150 valence electrons. The van der Waals surface area contributed by atoms with Gasteiger partial charge < -0.3 is 9.88 Å². The van der Waals surface area contributed by atoms with Crippen molar-refractivity contribution in [3.63, 3.8) is 0 Å². The van der Waals surface area contributed by atoms with E-state index in [2.05, 4.69) is 58.2 Å². The average molecular weight is 407 g/mol. The Morgan fingerprint density at radius 2 is 1.83 bits per heavy atom. The summed E-state index contributed by atoms with van der Waals surface area (Å²) in [7, 11) is 0. The Labute approximate surface area is 175 Å². The molecule has 1 N–H and O–H groups in total. The van der Waals surface area contributed by atoms with Gasteiger partial charge in [0.2, 0.25) is 5.91 Å². The number of aryl methyl sites for hydroxylation is 1. The van der Waals surface area contributed by atoms with Crippen molar-refractivity contribution < 1.29 is 4.79 Å². The molecule has 6 heteroatoms. The average Bonchev–Trinajstić information content (AvgIpc) is 3.45. The Morgan fingerprint density at radius 3 is 2.52 bits per heavy atom. The number of aromatic nitrogens is 3. The Morgan fingerprint density at radius 1 is 1.07 bits per heavy atom. The molecule has 1 fully saturated rings. The first-order valence-corrected chi connectivity index (χ1v) is 11.2. The topological polar surface area (TPSA) is 59.8 Å². The van der Waals surface area contributed by atoms with Crippen LogP contribution in [0.1, 0.15) is 49.1 Å². The van der Waals surface area contributed by atoms with Gasteiger partial charge in [-0.15, -0.1) is 10.2 Å². The van der Waals surface area contributed by atoms with Gasteiger partial charge >= 0.3 is 0 Å². The molecule has 1 aromatic heterocycles. The molecule has 1 aliphatic carbocycles. The number of carbonyl (C=O) groups is 1. The van der Waals surface area contributed by atoms with E-state index in [1.54, 1.807) is 0 Å². The van der Waals surface area contributed by atoms with Gasteiger partial charge in [-0.1, -0.05) is 61.2 Å². The molecule has 0 radical (unpaired) electrons. The lowest BCUT2D eigenvalue weighted by molar-refractivity contribution is -0.113. The summed E-state index contributed by atoms with van der Waals surface area (Å²) in [5.41, 5.74) is 3.45. The summed E-state index contributed by atoms with van der Waals surface area (Å²) in [5, 5.41) is 12.6. The molecule has 2 atom stereocenters. The molecule has 1 saturated carbocycles. The van der Waals surface area contributed by atoms with Crippen LogP contribution < -0.4 is 5.32 Å². The summed E-state index contributed by atoms with van der Waals surface area (Å²) < 4.78 is 2.15. The molecule has 2 aromatic carbocycles. The lowest BCUT2D eigenvalue weighted by Gasteiger charge is -2.08. The third-order valence-electron chi connectivity index (χ3n) is 5.39. The molecule has 1 amide bonds. The first-order valence-electron chi connectivity index (χ1n) is 10.2. The Kier molecular flexibility index (Phi) is 6.00. The van der Waals surface area contributed by atoms with E-state index in [-0.39, 0.29) is 5.91 Å². The van der Waals surface area contributed by atoms with E-state index in [1.165, 1.54) is 22.9 Å². The highest BCUT2D eigenvalue weighted by Gasteiger charge is 2.43. The van der Waals surface area contributed by atoms with Crippen LogP contribution in [0.25, 0.3) is 0 Å². The maximum Gasteiger partial charge on any atom is 0.234 e. The monoisotopic (exact) mass is 406 g/mol. The summed E-state index contributed by atoms with van der Waals surface area (Å²) in [6.45, 7) is 5.03. The van der Waals surface area contributed by atoms with Crippen LogP contribution in [-0.4, -0.2) is 26.4 Å². The zero-order valence-corrected chi connectivity index (χ0v) is 17.7. The first-order chi connectivity index (χ1) is 14.2. The minimum absolute atomic E-state index is 0.0277. The molecule has 2 unspecified atom stereocenters. The maximum atomic E-state index is 12.3. The lowest BCUT2D eigenvalue weighted by Crippen LogP contribution is -2.14. The van der Waals surface area contributed by atoms with Crippen LogP contribution in [-0.2, 0) is 17.8 Å². The van der Waals surface area contributed by atoms with Crippen LogP contribution in [0, 0.1) is 0 Å². The summed E-state index contributed by atoms with van der Waals surface area (Å²) in [6, 6.07) is 18.6. The van der Waals surface area contributed by atoms with Crippen molar-refractivity contribution >= 4 is 23.4 Å².